The molecular formula is C13H22ClNO. The Kier molecular flexibility index (Phi) is 6.65. The van der Waals surface area contributed by atoms with Gasteiger partial charge >= 0.3 is 0 Å². The second-order valence-corrected chi connectivity index (χ2v) is 3.86. The van der Waals surface area contributed by atoms with Gasteiger partial charge in [0.1, 0.15) is 0 Å². The van der Waals surface area contributed by atoms with Crippen molar-refractivity contribution in [3.05, 3.63) is 35.9 Å². The fourth-order valence-corrected chi connectivity index (χ4v) is 2.20. The fraction of sp³-hybridized carbons (Fsp3) is 0.538. The third-order valence-corrected chi connectivity index (χ3v) is 3.25. The van der Waals surface area contributed by atoms with E-state index in [1.807, 2.05) is 32.2 Å². The van der Waals surface area contributed by atoms with Gasteiger partial charge in [-0.25, -0.2) is 0 Å². The van der Waals surface area contributed by atoms with E-state index in [-0.39, 0.29) is 24.0 Å². The van der Waals surface area contributed by atoms with Crippen LogP contribution in [0.2, 0.25) is 0 Å². The van der Waals surface area contributed by atoms with Gasteiger partial charge in [-0.15, -0.1) is 12.4 Å². The first-order valence-electron chi connectivity index (χ1n) is 5.63. The maximum Gasteiger partial charge on any atom is 0.0760 e. The van der Waals surface area contributed by atoms with Crippen molar-refractivity contribution in [2.75, 3.05) is 7.05 Å². The fourth-order valence-electron chi connectivity index (χ4n) is 2.20. The number of benzene rings is 1. The maximum absolute atomic E-state index is 10.2. The Balaban J connectivity index is 0.00000225. The van der Waals surface area contributed by atoms with E-state index >= 15 is 0 Å². The monoisotopic (exact) mass is 243 g/mol. The van der Waals surface area contributed by atoms with Gasteiger partial charge in [0.05, 0.1) is 11.6 Å². The number of hydrogen-bond donors (Lipinski definition) is 2. The molecule has 2 N–H and O–H groups in total. The molecule has 0 aliphatic carbocycles. The number of halogens is 1. The van der Waals surface area contributed by atoms with Crippen LogP contribution in [-0.2, 0) is 5.54 Å². The molecule has 0 saturated heterocycles. The molecule has 1 rings (SSSR count). The minimum Gasteiger partial charge on any atom is -0.391 e. The van der Waals surface area contributed by atoms with Crippen LogP contribution >= 0.6 is 12.4 Å². The largest absolute Gasteiger partial charge is 0.391 e. The van der Waals surface area contributed by atoms with Crippen molar-refractivity contribution in [1.29, 1.82) is 0 Å². The highest BCUT2D eigenvalue weighted by Gasteiger charge is 2.35. The number of aliphatic hydroxyl groups is 1. The van der Waals surface area contributed by atoms with E-state index in [1.165, 1.54) is 0 Å². The van der Waals surface area contributed by atoms with Gasteiger partial charge in [0.25, 0.3) is 0 Å². The van der Waals surface area contributed by atoms with Crippen LogP contribution in [0.25, 0.3) is 0 Å². The summed E-state index contributed by atoms with van der Waals surface area (Å²) in [4.78, 5) is 0. The van der Waals surface area contributed by atoms with Gasteiger partial charge in [-0.2, -0.15) is 0 Å². The first-order chi connectivity index (χ1) is 7.21. The van der Waals surface area contributed by atoms with E-state index in [2.05, 4.69) is 24.4 Å². The molecule has 1 aromatic carbocycles. The summed E-state index contributed by atoms with van der Waals surface area (Å²) in [6, 6.07) is 10.2. The van der Waals surface area contributed by atoms with Crippen LogP contribution in [0.1, 0.15) is 32.3 Å². The summed E-state index contributed by atoms with van der Waals surface area (Å²) in [5.74, 6) is 0. The van der Waals surface area contributed by atoms with E-state index < -0.39 is 0 Å². The van der Waals surface area contributed by atoms with Crippen molar-refractivity contribution in [1.82, 2.24) is 5.32 Å². The molecule has 2 nitrogen and oxygen atoms in total. The Morgan fingerprint density at radius 1 is 1.25 bits per heavy atom. The van der Waals surface area contributed by atoms with Gasteiger partial charge in [-0.3, -0.25) is 0 Å². The Morgan fingerprint density at radius 2 is 1.81 bits per heavy atom. The molecule has 0 radical (unpaired) electrons. The van der Waals surface area contributed by atoms with E-state index in [9.17, 15) is 5.11 Å². The smallest absolute Gasteiger partial charge is 0.0760 e. The van der Waals surface area contributed by atoms with Crippen LogP contribution in [-0.4, -0.2) is 18.3 Å². The molecule has 0 aliphatic heterocycles. The van der Waals surface area contributed by atoms with Crippen molar-refractivity contribution in [3.8, 4) is 0 Å². The minimum absolute atomic E-state index is 0. The molecule has 3 heteroatoms. The first kappa shape index (κ1) is 15.4. The molecule has 2 atom stereocenters. The van der Waals surface area contributed by atoms with Crippen molar-refractivity contribution < 1.29 is 5.11 Å². The zero-order valence-corrected chi connectivity index (χ0v) is 11.1. The Hall–Kier alpha value is -0.570. The summed E-state index contributed by atoms with van der Waals surface area (Å²) >= 11 is 0. The predicted molar refractivity (Wildman–Crippen MR) is 71.0 cm³/mol. The van der Waals surface area contributed by atoms with E-state index in [1.54, 1.807) is 0 Å². The average molecular weight is 244 g/mol. The maximum atomic E-state index is 10.2. The lowest BCUT2D eigenvalue weighted by Gasteiger charge is -2.37. The SMILES string of the molecule is CCC(O)C(CC)(NC)c1ccccc1.Cl. The third kappa shape index (κ3) is 2.76. The summed E-state index contributed by atoms with van der Waals surface area (Å²) in [5, 5.41) is 13.4. The lowest BCUT2D eigenvalue weighted by Crippen LogP contribution is -2.49. The van der Waals surface area contributed by atoms with Crippen molar-refractivity contribution in [2.24, 2.45) is 0 Å². The molecule has 0 saturated carbocycles. The van der Waals surface area contributed by atoms with Crippen LogP contribution in [0.15, 0.2) is 30.3 Å². The second kappa shape index (κ2) is 6.89. The van der Waals surface area contributed by atoms with Crippen LogP contribution in [0, 0.1) is 0 Å². The normalized spacial score (nSPS) is 16.0. The summed E-state index contributed by atoms with van der Waals surface area (Å²) in [5.41, 5.74) is 0.847. The highest BCUT2D eigenvalue weighted by molar-refractivity contribution is 5.85. The highest BCUT2D eigenvalue weighted by atomic mass is 35.5. The Morgan fingerprint density at radius 3 is 2.19 bits per heavy atom. The second-order valence-electron chi connectivity index (χ2n) is 3.86. The molecule has 0 aliphatic rings. The predicted octanol–water partition coefficient (Wildman–Crippen LogP) is 2.70. The lowest BCUT2D eigenvalue weighted by atomic mass is 9.81. The molecular weight excluding hydrogens is 222 g/mol. The number of nitrogens with one attached hydrogen (secondary N) is 1. The molecule has 0 fully saturated rings. The zero-order chi connectivity index (χ0) is 11.3. The zero-order valence-electron chi connectivity index (χ0n) is 10.2. The highest BCUT2D eigenvalue weighted by Crippen LogP contribution is 2.29. The standard InChI is InChI=1S/C13H21NO.ClH/c1-4-12(15)13(5-2,14-3)11-9-7-6-8-10-11;/h6-10,12,14-15H,4-5H2,1-3H3;1H. The molecule has 0 heterocycles. The van der Waals surface area contributed by atoms with E-state index in [4.69, 9.17) is 0 Å². The molecule has 0 bridgehead atoms. The van der Waals surface area contributed by atoms with Gasteiger partial charge in [-0.05, 0) is 25.5 Å². The van der Waals surface area contributed by atoms with Crippen molar-refractivity contribution >= 4 is 12.4 Å². The quantitative estimate of drug-likeness (QED) is 0.834. The van der Waals surface area contributed by atoms with Crippen LogP contribution < -0.4 is 5.32 Å². The summed E-state index contributed by atoms with van der Waals surface area (Å²) in [6.45, 7) is 4.11. The molecule has 0 aromatic heterocycles. The summed E-state index contributed by atoms with van der Waals surface area (Å²) in [7, 11) is 1.91. The molecule has 16 heavy (non-hydrogen) atoms. The van der Waals surface area contributed by atoms with Gasteiger partial charge < -0.3 is 10.4 Å². The summed E-state index contributed by atoms with van der Waals surface area (Å²) < 4.78 is 0. The van der Waals surface area contributed by atoms with E-state index in [0.717, 1.165) is 18.4 Å². The molecule has 0 spiro atoms. The number of likely N-dealkylation sites (N-methyl/N-ethyl adjacent to an activating group) is 1. The average Bonchev–Trinajstić information content (AvgIpc) is 2.32. The topological polar surface area (TPSA) is 32.3 Å². The number of hydrogen-bond acceptors (Lipinski definition) is 2. The van der Waals surface area contributed by atoms with Gasteiger partial charge in [0.15, 0.2) is 0 Å². The Labute approximate surface area is 104 Å². The molecule has 2 unspecified atom stereocenters. The number of rotatable bonds is 5. The van der Waals surface area contributed by atoms with Crippen LogP contribution in [0.5, 0.6) is 0 Å². The first-order valence-corrected chi connectivity index (χ1v) is 5.63. The van der Waals surface area contributed by atoms with Crippen molar-refractivity contribution in [3.63, 3.8) is 0 Å². The molecule has 92 valence electrons. The lowest BCUT2D eigenvalue weighted by molar-refractivity contribution is 0.0555. The molecule has 1 aromatic rings. The van der Waals surface area contributed by atoms with Crippen LogP contribution in [0.4, 0.5) is 0 Å². The van der Waals surface area contributed by atoms with Gasteiger partial charge in [-0.1, -0.05) is 44.2 Å². The summed E-state index contributed by atoms with van der Waals surface area (Å²) in [6.07, 6.45) is 1.28. The minimum atomic E-state index is -0.352. The van der Waals surface area contributed by atoms with E-state index in [0.29, 0.717) is 0 Å². The van der Waals surface area contributed by atoms with Gasteiger partial charge in [0, 0.05) is 0 Å². The van der Waals surface area contributed by atoms with Crippen LogP contribution in [0.3, 0.4) is 0 Å². The Bertz CT molecular complexity index is 285. The molecule has 0 amide bonds. The number of aliphatic hydroxyl groups excluding tert-OH is 1. The third-order valence-electron chi connectivity index (χ3n) is 3.25. The van der Waals surface area contributed by atoms with Crippen molar-refractivity contribution in [2.45, 2.75) is 38.3 Å². The van der Waals surface area contributed by atoms with Gasteiger partial charge in [0.2, 0.25) is 0 Å².